The van der Waals surface area contributed by atoms with Crippen LogP contribution >= 0.6 is 27.5 Å². The summed E-state index contributed by atoms with van der Waals surface area (Å²) in [5.74, 6) is 6.41. The van der Waals surface area contributed by atoms with E-state index in [2.05, 4.69) is 36.4 Å². The van der Waals surface area contributed by atoms with Crippen LogP contribution in [-0.4, -0.2) is 19.7 Å². The monoisotopic (exact) mass is 316 g/mol. The number of nitrogen functional groups attached to an aromatic ring is 1. The molecule has 0 saturated heterocycles. The van der Waals surface area contributed by atoms with Gasteiger partial charge in [0.1, 0.15) is 10.8 Å². The number of aryl methyl sites for hydroxylation is 1. The van der Waals surface area contributed by atoms with Crippen LogP contribution in [0.5, 0.6) is 0 Å². The van der Waals surface area contributed by atoms with Gasteiger partial charge in [-0.1, -0.05) is 11.6 Å². The van der Waals surface area contributed by atoms with E-state index in [4.69, 9.17) is 17.4 Å². The van der Waals surface area contributed by atoms with Gasteiger partial charge in [0.15, 0.2) is 11.6 Å². The number of anilines is 1. The molecule has 0 aliphatic heterocycles. The minimum atomic E-state index is 0.485. The molecule has 0 atom stereocenters. The van der Waals surface area contributed by atoms with Crippen molar-refractivity contribution in [3.05, 3.63) is 27.2 Å². The Kier molecular flexibility index (Phi) is 3.32. The molecule has 2 aromatic rings. The molecule has 90 valence electrons. The van der Waals surface area contributed by atoms with Crippen molar-refractivity contribution in [2.45, 2.75) is 13.8 Å². The molecule has 0 fully saturated rings. The number of halogens is 2. The van der Waals surface area contributed by atoms with Crippen LogP contribution in [-0.2, 0) is 0 Å². The summed E-state index contributed by atoms with van der Waals surface area (Å²) in [7, 11) is 0. The molecule has 8 heteroatoms. The molecule has 0 aliphatic rings. The molecule has 0 bridgehead atoms. The van der Waals surface area contributed by atoms with Crippen molar-refractivity contribution in [3.8, 4) is 5.82 Å². The van der Waals surface area contributed by atoms with Crippen LogP contribution in [0.3, 0.4) is 0 Å². The van der Waals surface area contributed by atoms with Gasteiger partial charge in [-0.15, -0.1) is 0 Å². The summed E-state index contributed by atoms with van der Waals surface area (Å²) in [5.41, 5.74) is 4.03. The zero-order valence-corrected chi connectivity index (χ0v) is 11.5. The van der Waals surface area contributed by atoms with Crippen molar-refractivity contribution in [1.82, 2.24) is 19.7 Å². The fourth-order valence-corrected chi connectivity index (χ4v) is 2.04. The number of hydrazine groups is 1. The number of nitrogens with two attached hydrogens (primary N) is 1. The Morgan fingerprint density at radius 1 is 1.41 bits per heavy atom. The highest BCUT2D eigenvalue weighted by Crippen LogP contribution is 2.28. The van der Waals surface area contributed by atoms with E-state index in [1.54, 1.807) is 4.68 Å². The number of hydrogen-bond donors (Lipinski definition) is 2. The molecule has 2 aromatic heterocycles. The Labute approximate surface area is 111 Å². The summed E-state index contributed by atoms with van der Waals surface area (Å²) in [6, 6.07) is 0. The lowest BCUT2D eigenvalue weighted by molar-refractivity contribution is 0.796. The van der Waals surface area contributed by atoms with E-state index in [1.165, 1.54) is 6.33 Å². The van der Waals surface area contributed by atoms with Crippen molar-refractivity contribution < 1.29 is 0 Å². The van der Waals surface area contributed by atoms with Crippen LogP contribution in [0, 0.1) is 13.8 Å². The summed E-state index contributed by atoms with van der Waals surface area (Å²) in [6.07, 6.45) is 1.40. The van der Waals surface area contributed by atoms with Crippen LogP contribution in [0.15, 0.2) is 10.8 Å². The number of hydrogen-bond acceptors (Lipinski definition) is 5. The summed E-state index contributed by atoms with van der Waals surface area (Å²) >= 11 is 9.47. The van der Waals surface area contributed by atoms with Gasteiger partial charge >= 0.3 is 0 Å². The Morgan fingerprint density at radius 2 is 2.12 bits per heavy atom. The topological polar surface area (TPSA) is 81.7 Å². The molecule has 17 heavy (non-hydrogen) atoms. The average molecular weight is 318 g/mol. The standard InChI is InChI=1S/C9H10BrClN6/c1-4-7(11)5(2)17(16-4)9-6(10)8(15-12)13-3-14-9/h3H,12H2,1-2H3,(H,13,14,15). The van der Waals surface area contributed by atoms with E-state index in [0.717, 1.165) is 11.4 Å². The first-order valence-electron chi connectivity index (χ1n) is 4.75. The Balaban J connectivity index is 2.64. The maximum absolute atomic E-state index is 6.09. The van der Waals surface area contributed by atoms with Crippen LogP contribution in [0.1, 0.15) is 11.4 Å². The molecule has 0 spiro atoms. The van der Waals surface area contributed by atoms with E-state index < -0.39 is 0 Å². The smallest absolute Gasteiger partial charge is 0.173 e. The molecule has 3 N–H and O–H groups in total. The lowest BCUT2D eigenvalue weighted by atomic mass is 10.4. The quantitative estimate of drug-likeness (QED) is 0.654. The number of aromatic nitrogens is 4. The molecule has 0 saturated carbocycles. The predicted octanol–water partition coefficient (Wildman–Crippen LogP) is 1.98. The Bertz CT molecular complexity index is 567. The molecule has 2 rings (SSSR count). The molecule has 2 heterocycles. The third-order valence-corrected chi connectivity index (χ3v) is 3.59. The first kappa shape index (κ1) is 12.3. The van der Waals surface area contributed by atoms with Gasteiger partial charge in [-0.2, -0.15) is 5.10 Å². The largest absolute Gasteiger partial charge is 0.307 e. The summed E-state index contributed by atoms with van der Waals surface area (Å²) in [5, 5.41) is 4.94. The summed E-state index contributed by atoms with van der Waals surface area (Å²) < 4.78 is 2.27. The molecule has 6 nitrogen and oxygen atoms in total. The first-order chi connectivity index (χ1) is 8.06. The van der Waals surface area contributed by atoms with Gasteiger partial charge < -0.3 is 5.43 Å². The molecule has 0 aromatic carbocycles. The maximum atomic E-state index is 6.09. The van der Waals surface area contributed by atoms with Gasteiger partial charge in [0.25, 0.3) is 0 Å². The molecule has 0 aliphatic carbocycles. The number of nitrogens with zero attached hydrogens (tertiary/aromatic N) is 4. The molecule has 0 radical (unpaired) electrons. The van der Waals surface area contributed by atoms with Crippen LogP contribution < -0.4 is 11.3 Å². The summed E-state index contributed by atoms with van der Waals surface area (Å²) in [4.78, 5) is 8.13. The van der Waals surface area contributed by atoms with Gasteiger partial charge in [-0.3, -0.25) is 0 Å². The second-order valence-corrected chi connectivity index (χ2v) is 4.57. The average Bonchev–Trinajstić information content (AvgIpc) is 2.57. The lowest BCUT2D eigenvalue weighted by Gasteiger charge is -2.08. The zero-order chi connectivity index (χ0) is 12.6. The van der Waals surface area contributed by atoms with Gasteiger partial charge in [0.05, 0.1) is 16.4 Å². The van der Waals surface area contributed by atoms with Crippen molar-refractivity contribution in [2.24, 2.45) is 5.84 Å². The zero-order valence-electron chi connectivity index (χ0n) is 9.20. The minimum Gasteiger partial charge on any atom is -0.307 e. The third kappa shape index (κ3) is 2.01. The van der Waals surface area contributed by atoms with Crippen molar-refractivity contribution in [1.29, 1.82) is 0 Å². The van der Waals surface area contributed by atoms with E-state index in [9.17, 15) is 0 Å². The van der Waals surface area contributed by atoms with Crippen molar-refractivity contribution >= 4 is 33.3 Å². The SMILES string of the molecule is Cc1nn(-c2ncnc(NN)c2Br)c(C)c1Cl. The van der Waals surface area contributed by atoms with E-state index in [1.807, 2.05) is 13.8 Å². The van der Waals surface area contributed by atoms with E-state index >= 15 is 0 Å². The highest BCUT2D eigenvalue weighted by atomic mass is 79.9. The highest BCUT2D eigenvalue weighted by Gasteiger charge is 2.16. The number of rotatable bonds is 2. The summed E-state index contributed by atoms with van der Waals surface area (Å²) in [6.45, 7) is 3.70. The van der Waals surface area contributed by atoms with Gasteiger partial charge in [-0.25, -0.2) is 20.5 Å². The van der Waals surface area contributed by atoms with E-state index in [-0.39, 0.29) is 0 Å². The fourth-order valence-electron chi connectivity index (χ4n) is 1.44. The number of nitrogens with one attached hydrogen (secondary N) is 1. The minimum absolute atomic E-state index is 0.485. The second-order valence-electron chi connectivity index (χ2n) is 3.40. The molecule has 0 amide bonds. The molecular formula is C9H10BrClN6. The van der Waals surface area contributed by atoms with Crippen LogP contribution in [0.25, 0.3) is 5.82 Å². The third-order valence-electron chi connectivity index (χ3n) is 2.31. The normalized spacial score (nSPS) is 10.6. The van der Waals surface area contributed by atoms with Crippen molar-refractivity contribution in [2.75, 3.05) is 5.43 Å². The maximum Gasteiger partial charge on any atom is 0.173 e. The Morgan fingerprint density at radius 3 is 2.65 bits per heavy atom. The van der Waals surface area contributed by atoms with E-state index in [0.29, 0.717) is 21.1 Å². The van der Waals surface area contributed by atoms with Crippen molar-refractivity contribution in [3.63, 3.8) is 0 Å². The Hall–Kier alpha value is -1.18. The van der Waals surface area contributed by atoms with Gasteiger partial charge in [0.2, 0.25) is 0 Å². The lowest BCUT2D eigenvalue weighted by Crippen LogP contribution is -2.12. The predicted molar refractivity (Wildman–Crippen MR) is 69.1 cm³/mol. The molecular weight excluding hydrogens is 307 g/mol. The van der Waals surface area contributed by atoms with Gasteiger partial charge in [0, 0.05) is 0 Å². The highest BCUT2D eigenvalue weighted by molar-refractivity contribution is 9.10. The fraction of sp³-hybridized carbons (Fsp3) is 0.222. The second kappa shape index (κ2) is 4.59. The molecule has 0 unspecified atom stereocenters. The van der Waals surface area contributed by atoms with Gasteiger partial charge in [-0.05, 0) is 29.8 Å². The first-order valence-corrected chi connectivity index (χ1v) is 5.92. The van der Waals surface area contributed by atoms with Crippen LogP contribution in [0.2, 0.25) is 5.02 Å². The van der Waals surface area contributed by atoms with Crippen LogP contribution in [0.4, 0.5) is 5.82 Å².